The largest absolute Gasteiger partial charge is 0.330 e. The number of fused-ring (bicyclic) bond motifs is 2. The second kappa shape index (κ2) is 5.49. The molecular formula is C18H16BrN3O. The molecule has 23 heavy (non-hydrogen) atoms. The Balaban J connectivity index is 1.68. The summed E-state index contributed by atoms with van der Waals surface area (Å²) in [6, 6.07) is 14.3. The average molecular weight is 370 g/mol. The highest BCUT2D eigenvalue weighted by atomic mass is 79.9. The molecule has 3 aromatic rings. The number of carbonyl (C=O) groups is 1. The first-order valence-electron chi connectivity index (χ1n) is 7.64. The van der Waals surface area contributed by atoms with Gasteiger partial charge in [-0.3, -0.25) is 4.79 Å². The molecule has 0 aliphatic carbocycles. The van der Waals surface area contributed by atoms with Crippen molar-refractivity contribution >= 4 is 27.4 Å². The van der Waals surface area contributed by atoms with Crippen molar-refractivity contribution in [2.24, 2.45) is 0 Å². The zero-order chi connectivity index (χ0) is 16.0. The third-order valence-electron chi connectivity index (χ3n) is 4.41. The van der Waals surface area contributed by atoms with Crippen molar-refractivity contribution in [3.8, 4) is 0 Å². The van der Waals surface area contributed by atoms with E-state index in [0.29, 0.717) is 12.2 Å². The average Bonchev–Trinajstić information content (AvgIpc) is 2.96. The summed E-state index contributed by atoms with van der Waals surface area (Å²) in [5.74, 6) is -0.00757. The van der Waals surface area contributed by atoms with Crippen LogP contribution in [0.2, 0.25) is 0 Å². The molecule has 0 saturated carbocycles. The summed E-state index contributed by atoms with van der Waals surface area (Å²) in [4.78, 5) is 14.8. The van der Waals surface area contributed by atoms with Crippen molar-refractivity contribution in [1.82, 2.24) is 14.5 Å². The second-order valence-corrected chi connectivity index (χ2v) is 6.92. The summed E-state index contributed by atoms with van der Waals surface area (Å²) in [5, 5.41) is 4.43. The summed E-state index contributed by atoms with van der Waals surface area (Å²) in [5.41, 5.74) is 3.98. The Kier molecular flexibility index (Phi) is 3.45. The van der Waals surface area contributed by atoms with E-state index >= 15 is 0 Å². The van der Waals surface area contributed by atoms with Crippen molar-refractivity contribution < 1.29 is 4.79 Å². The van der Waals surface area contributed by atoms with Gasteiger partial charge in [0.2, 0.25) is 0 Å². The van der Waals surface area contributed by atoms with Crippen molar-refractivity contribution in [2.45, 2.75) is 25.9 Å². The van der Waals surface area contributed by atoms with Crippen LogP contribution in [0.3, 0.4) is 0 Å². The Morgan fingerprint density at radius 3 is 2.83 bits per heavy atom. The molecule has 1 aliphatic heterocycles. The molecule has 116 valence electrons. The van der Waals surface area contributed by atoms with Crippen LogP contribution < -0.4 is 0 Å². The number of carbonyl (C=O) groups excluding carboxylic acids is 1. The van der Waals surface area contributed by atoms with Gasteiger partial charge in [0.05, 0.1) is 5.52 Å². The molecule has 3 heterocycles. The quantitative estimate of drug-likeness (QED) is 0.655. The molecule has 1 amide bonds. The van der Waals surface area contributed by atoms with Crippen LogP contribution in [0.1, 0.15) is 28.5 Å². The number of hydrogen-bond acceptors (Lipinski definition) is 2. The molecule has 0 spiro atoms. The Bertz CT molecular complexity index is 902. The lowest BCUT2D eigenvalue weighted by Gasteiger charge is -2.34. The number of nitrogens with zero attached hydrogens (tertiary/aromatic N) is 3. The van der Waals surface area contributed by atoms with Gasteiger partial charge in [0, 0.05) is 23.3 Å². The summed E-state index contributed by atoms with van der Waals surface area (Å²) >= 11 is 3.43. The van der Waals surface area contributed by atoms with E-state index in [0.717, 1.165) is 16.4 Å². The van der Waals surface area contributed by atoms with Gasteiger partial charge < -0.3 is 4.90 Å². The second-order valence-electron chi connectivity index (χ2n) is 6.00. The normalized spacial score (nSPS) is 17.3. The Hall–Kier alpha value is -2.14. The summed E-state index contributed by atoms with van der Waals surface area (Å²) in [6.45, 7) is 2.74. The van der Waals surface area contributed by atoms with Gasteiger partial charge in [-0.1, -0.05) is 24.3 Å². The van der Waals surface area contributed by atoms with E-state index in [1.165, 1.54) is 11.1 Å². The van der Waals surface area contributed by atoms with E-state index in [9.17, 15) is 4.79 Å². The fourth-order valence-electron chi connectivity index (χ4n) is 3.16. The molecule has 1 atom stereocenters. The van der Waals surface area contributed by atoms with Crippen LogP contribution in [-0.4, -0.2) is 26.5 Å². The molecule has 5 heteroatoms. The molecule has 0 unspecified atom stereocenters. The minimum atomic E-state index is -0.00757. The van der Waals surface area contributed by atoms with Crippen molar-refractivity contribution in [3.63, 3.8) is 0 Å². The number of benzene rings is 1. The first-order chi connectivity index (χ1) is 11.1. The van der Waals surface area contributed by atoms with Gasteiger partial charge in [0.25, 0.3) is 5.91 Å². The van der Waals surface area contributed by atoms with E-state index in [4.69, 9.17) is 0 Å². The smallest absolute Gasteiger partial charge is 0.274 e. The number of halogens is 1. The van der Waals surface area contributed by atoms with Gasteiger partial charge in [-0.15, -0.1) is 0 Å². The van der Waals surface area contributed by atoms with E-state index in [-0.39, 0.29) is 11.9 Å². The maximum absolute atomic E-state index is 12.9. The molecule has 1 aromatic carbocycles. The monoisotopic (exact) mass is 369 g/mol. The molecule has 1 aliphatic rings. The topological polar surface area (TPSA) is 37.6 Å². The Labute approximate surface area is 142 Å². The van der Waals surface area contributed by atoms with Crippen LogP contribution in [0, 0.1) is 0 Å². The minimum Gasteiger partial charge on any atom is -0.330 e. The molecule has 0 saturated heterocycles. The maximum atomic E-state index is 12.9. The molecule has 4 rings (SSSR count). The van der Waals surface area contributed by atoms with E-state index in [2.05, 4.69) is 46.2 Å². The number of amides is 1. The highest BCUT2D eigenvalue weighted by Gasteiger charge is 2.28. The van der Waals surface area contributed by atoms with Crippen LogP contribution >= 0.6 is 15.9 Å². The molecule has 0 N–H and O–H groups in total. The standard InChI is InChI=1S/C18H16BrN3O/c1-12-8-13-4-2-3-5-14(13)10-21(12)18(23)17-9-16-7-6-15(19)11-22(16)20-17/h2-7,9,11-12H,8,10H2,1H3/t12-/m1/s1. The van der Waals surface area contributed by atoms with Gasteiger partial charge in [-0.2, -0.15) is 5.10 Å². The molecule has 0 fully saturated rings. The lowest BCUT2D eigenvalue weighted by molar-refractivity contribution is 0.0652. The third kappa shape index (κ3) is 2.55. The van der Waals surface area contributed by atoms with E-state index in [1.807, 2.05) is 35.4 Å². The zero-order valence-corrected chi connectivity index (χ0v) is 14.3. The fourth-order valence-corrected chi connectivity index (χ4v) is 3.49. The molecular weight excluding hydrogens is 354 g/mol. The fraction of sp³-hybridized carbons (Fsp3) is 0.222. The highest BCUT2D eigenvalue weighted by Crippen LogP contribution is 2.25. The first-order valence-corrected chi connectivity index (χ1v) is 8.44. The number of hydrogen-bond donors (Lipinski definition) is 0. The Morgan fingerprint density at radius 2 is 2.00 bits per heavy atom. The third-order valence-corrected chi connectivity index (χ3v) is 4.88. The zero-order valence-electron chi connectivity index (χ0n) is 12.7. The van der Waals surface area contributed by atoms with Crippen LogP contribution in [0.4, 0.5) is 0 Å². The number of pyridine rings is 1. The highest BCUT2D eigenvalue weighted by molar-refractivity contribution is 9.10. The van der Waals surface area contributed by atoms with Crippen LogP contribution in [0.5, 0.6) is 0 Å². The van der Waals surface area contributed by atoms with Gasteiger partial charge in [-0.05, 0) is 58.6 Å². The van der Waals surface area contributed by atoms with E-state index in [1.54, 1.807) is 4.52 Å². The number of aromatic nitrogens is 2. The maximum Gasteiger partial charge on any atom is 0.274 e. The molecule has 0 radical (unpaired) electrons. The summed E-state index contributed by atoms with van der Waals surface area (Å²) in [6.07, 6.45) is 2.75. The predicted octanol–water partition coefficient (Wildman–Crippen LogP) is 3.68. The van der Waals surface area contributed by atoms with Gasteiger partial charge in [0.1, 0.15) is 0 Å². The Morgan fingerprint density at radius 1 is 1.22 bits per heavy atom. The molecule has 2 aromatic heterocycles. The van der Waals surface area contributed by atoms with Crippen molar-refractivity contribution in [1.29, 1.82) is 0 Å². The predicted molar refractivity (Wildman–Crippen MR) is 92.4 cm³/mol. The van der Waals surface area contributed by atoms with Crippen molar-refractivity contribution in [2.75, 3.05) is 0 Å². The van der Waals surface area contributed by atoms with Gasteiger partial charge in [0.15, 0.2) is 5.69 Å². The van der Waals surface area contributed by atoms with Crippen LogP contribution in [0.15, 0.2) is 53.1 Å². The van der Waals surface area contributed by atoms with Gasteiger partial charge >= 0.3 is 0 Å². The van der Waals surface area contributed by atoms with E-state index < -0.39 is 0 Å². The summed E-state index contributed by atoms with van der Waals surface area (Å²) < 4.78 is 2.67. The lowest BCUT2D eigenvalue weighted by Crippen LogP contribution is -2.42. The summed E-state index contributed by atoms with van der Waals surface area (Å²) in [7, 11) is 0. The van der Waals surface area contributed by atoms with Gasteiger partial charge in [-0.25, -0.2) is 4.52 Å². The van der Waals surface area contributed by atoms with Crippen LogP contribution in [-0.2, 0) is 13.0 Å². The van der Waals surface area contributed by atoms with Crippen molar-refractivity contribution in [3.05, 3.63) is 70.0 Å². The molecule has 0 bridgehead atoms. The minimum absolute atomic E-state index is 0.00757. The first kappa shape index (κ1) is 14.5. The van der Waals surface area contributed by atoms with Crippen LogP contribution in [0.25, 0.3) is 5.52 Å². The SMILES string of the molecule is C[C@@H]1Cc2ccccc2CN1C(=O)c1cc2ccc(Br)cn2n1. The lowest BCUT2D eigenvalue weighted by atomic mass is 9.94. The molecule has 4 nitrogen and oxygen atoms in total. The number of rotatable bonds is 1.